The van der Waals surface area contributed by atoms with Gasteiger partial charge in [-0.3, -0.25) is 0 Å². The van der Waals surface area contributed by atoms with E-state index in [1.54, 1.807) is 0 Å². The summed E-state index contributed by atoms with van der Waals surface area (Å²) in [6.07, 6.45) is 3.53. The number of halogens is 4. The number of benzene rings is 2. The zero-order chi connectivity index (χ0) is 22.6. The van der Waals surface area contributed by atoms with Crippen molar-refractivity contribution in [2.24, 2.45) is 11.8 Å². The fraction of sp³-hybridized carbons (Fsp3) is 0.556. The highest BCUT2D eigenvalue weighted by atomic mass is 19.4. The zero-order valence-corrected chi connectivity index (χ0v) is 18.9. The number of rotatable bonds is 7. The van der Waals surface area contributed by atoms with Crippen LogP contribution in [-0.4, -0.2) is 0 Å². The first-order valence-corrected chi connectivity index (χ1v) is 11.6. The lowest BCUT2D eigenvalue weighted by molar-refractivity contribution is -0.140. The van der Waals surface area contributed by atoms with Crippen molar-refractivity contribution in [3.8, 4) is 0 Å². The first-order valence-electron chi connectivity index (χ1n) is 11.6. The van der Waals surface area contributed by atoms with Crippen molar-refractivity contribution in [1.29, 1.82) is 0 Å². The SMILES string of the molecule is CCCC(C)C1CCC(c2ccc(CCc3ccc(C)c(F)c3C(F)(F)F)cc2)CC1. The highest BCUT2D eigenvalue weighted by Gasteiger charge is 2.37. The Morgan fingerprint density at radius 2 is 1.58 bits per heavy atom. The molecule has 170 valence electrons. The predicted molar refractivity (Wildman–Crippen MR) is 119 cm³/mol. The molecule has 1 atom stereocenters. The number of hydrogen-bond acceptors (Lipinski definition) is 0. The molecular formula is C27H34F4. The van der Waals surface area contributed by atoms with Crippen molar-refractivity contribution in [1.82, 2.24) is 0 Å². The highest BCUT2D eigenvalue weighted by molar-refractivity contribution is 5.36. The molecule has 4 heteroatoms. The van der Waals surface area contributed by atoms with Crippen molar-refractivity contribution in [3.63, 3.8) is 0 Å². The van der Waals surface area contributed by atoms with Gasteiger partial charge in [-0.1, -0.05) is 63.1 Å². The molecule has 0 bridgehead atoms. The normalized spacial score (nSPS) is 20.6. The summed E-state index contributed by atoms with van der Waals surface area (Å²) in [4.78, 5) is 0. The minimum absolute atomic E-state index is 0.0270. The van der Waals surface area contributed by atoms with Gasteiger partial charge < -0.3 is 0 Å². The Morgan fingerprint density at radius 1 is 0.935 bits per heavy atom. The van der Waals surface area contributed by atoms with Crippen molar-refractivity contribution >= 4 is 0 Å². The molecule has 3 rings (SSSR count). The van der Waals surface area contributed by atoms with Crippen LogP contribution in [0.1, 0.15) is 86.1 Å². The largest absolute Gasteiger partial charge is 0.419 e. The molecule has 0 spiro atoms. The van der Waals surface area contributed by atoms with E-state index < -0.39 is 17.6 Å². The summed E-state index contributed by atoms with van der Waals surface area (Å²) in [5.41, 5.74) is 1.27. The molecule has 1 aliphatic carbocycles. The van der Waals surface area contributed by atoms with E-state index in [0.717, 1.165) is 17.4 Å². The van der Waals surface area contributed by atoms with E-state index in [-0.39, 0.29) is 17.5 Å². The smallest absolute Gasteiger partial charge is 0.206 e. The van der Waals surface area contributed by atoms with E-state index >= 15 is 0 Å². The topological polar surface area (TPSA) is 0 Å². The third-order valence-corrected chi connectivity index (χ3v) is 7.16. The Balaban J connectivity index is 1.61. The van der Waals surface area contributed by atoms with E-state index in [1.165, 1.54) is 63.1 Å². The Hall–Kier alpha value is -1.84. The number of hydrogen-bond donors (Lipinski definition) is 0. The average molecular weight is 435 g/mol. The Morgan fingerprint density at radius 3 is 2.16 bits per heavy atom. The second-order valence-corrected chi connectivity index (χ2v) is 9.35. The first kappa shape index (κ1) is 23.8. The molecule has 1 fully saturated rings. The molecule has 0 radical (unpaired) electrons. The summed E-state index contributed by atoms with van der Waals surface area (Å²) in [5, 5.41) is 0. The van der Waals surface area contributed by atoms with Gasteiger partial charge in [0.05, 0.1) is 5.56 Å². The van der Waals surface area contributed by atoms with Gasteiger partial charge in [0, 0.05) is 0 Å². The molecule has 0 saturated heterocycles. The van der Waals surface area contributed by atoms with E-state index in [2.05, 4.69) is 26.0 Å². The van der Waals surface area contributed by atoms with Crippen LogP contribution in [0.5, 0.6) is 0 Å². The van der Waals surface area contributed by atoms with Crippen molar-refractivity contribution in [3.05, 3.63) is 70.0 Å². The molecule has 0 nitrogen and oxygen atoms in total. The van der Waals surface area contributed by atoms with Gasteiger partial charge in [-0.15, -0.1) is 0 Å². The maximum Gasteiger partial charge on any atom is 0.419 e. The predicted octanol–water partition coefficient (Wildman–Crippen LogP) is 8.65. The zero-order valence-electron chi connectivity index (χ0n) is 18.9. The van der Waals surface area contributed by atoms with Crippen LogP contribution >= 0.6 is 0 Å². The van der Waals surface area contributed by atoms with Crippen LogP contribution in [0.3, 0.4) is 0 Å². The molecule has 1 unspecified atom stereocenters. The van der Waals surface area contributed by atoms with Gasteiger partial charge in [0.25, 0.3) is 0 Å². The maximum atomic E-state index is 14.1. The lowest BCUT2D eigenvalue weighted by atomic mass is 9.73. The fourth-order valence-electron chi connectivity index (χ4n) is 5.18. The molecule has 1 aliphatic rings. The lowest BCUT2D eigenvalue weighted by Gasteiger charge is -2.32. The van der Waals surface area contributed by atoms with E-state index in [0.29, 0.717) is 12.3 Å². The third-order valence-electron chi connectivity index (χ3n) is 7.16. The van der Waals surface area contributed by atoms with E-state index in [1.807, 2.05) is 12.1 Å². The van der Waals surface area contributed by atoms with Gasteiger partial charge >= 0.3 is 6.18 Å². The summed E-state index contributed by atoms with van der Waals surface area (Å²) < 4.78 is 54.2. The molecule has 31 heavy (non-hydrogen) atoms. The van der Waals surface area contributed by atoms with Crippen LogP contribution in [0.25, 0.3) is 0 Å². The van der Waals surface area contributed by atoms with Gasteiger partial charge in [0.2, 0.25) is 0 Å². The second-order valence-electron chi connectivity index (χ2n) is 9.35. The fourth-order valence-corrected chi connectivity index (χ4v) is 5.18. The minimum Gasteiger partial charge on any atom is -0.206 e. The first-order chi connectivity index (χ1) is 14.7. The summed E-state index contributed by atoms with van der Waals surface area (Å²) in [6.45, 7) is 6.00. The quantitative estimate of drug-likeness (QED) is 0.383. The van der Waals surface area contributed by atoms with Gasteiger partial charge in [-0.05, 0) is 85.5 Å². The maximum absolute atomic E-state index is 14.1. The second kappa shape index (κ2) is 10.2. The molecule has 1 saturated carbocycles. The Labute approximate surface area is 184 Å². The monoisotopic (exact) mass is 434 g/mol. The number of alkyl halides is 3. The Kier molecular flexibility index (Phi) is 7.82. The van der Waals surface area contributed by atoms with Crippen LogP contribution in [0.15, 0.2) is 36.4 Å². The van der Waals surface area contributed by atoms with Gasteiger partial charge in [0.15, 0.2) is 0 Å². The molecule has 2 aromatic carbocycles. The minimum atomic E-state index is -4.68. The Bertz CT molecular complexity index is 843. The molecule has 0 amide bonds. The van der Waals surface area contributed by atoms with Crippen LogP contribution in [-0.2, 0) is 19.0 Å². The van der Waals surface area contributed by atoms with Crippen LogP contribution in [0.4, 0.5) is 17.6 Å². The molecule has 0 heterocycles. The van der Waals surface area contributed by atoms with Gasteiger partial charge in [-0.25, -0.2) is 4.39 Å². The van der Waals surface area contributed by atoms with Crippen molar-refractivity contribution in [2.45, 2.75) is 84.2 Å². The van der Waals surface area contributed by atoms with Gasteiger partial charge in [-0.2, -0.15) is 13.2 Å². The van der Waals surface area contributed by atoms with E-state index in [9.17, 15) is 17.6 Å². The summed E-state index contributed by atoms with van der Waals surface area (Å²) in [7, 11) is 0. The van der Waals surface area contributed by atoms with E-state index in [4.69, 9.17) is 0 Å². The average Bonchev–Trinajstić information content (AvgIpc) is 2.74. The third kappa shape index (κ3) is 5.90. The molecule has 2 aromatic rings. The van der Waals surface area contributed by atoms with Crippen molar-refractivity contribution < 1.29 is 17.6 Å². The number of aryl methyl sites for hydroxylation is 3. The van der Waals surface area contributed by atoms with Crippen LogP contribution in [0.2, 0.25) is 0 Å². The highest BCUT2D eigenvalue weighted by Crippen LogP contribution is 2.40. The molecular weight excluding hydrogens is 400 g/mol. The van der Waals surface area contributed by atoms with Crippen molar-refractivity contribution in [2.75, 3.05) is 0 Å². The van der Waals surface area contributed by atoms with Gasteiger partial charge in [0.1, 0.15) is 5.82 Å². The lowest BCUT2D eigenvalue weighted by Crippen LogP contribution is -2.19. The molecule has 0 N–H and O–H groups in total. The standard InChI is InChI=1S/C27H34F4/c1-4-5-18(2)21-14-16-23(17-15-21)22-11-7-20(8-12-22)9-13-24-10-6-19(3)26(28)25(24)27(29,30)31/h6-8,10-12,18,21,23H,4-5,9,13-17H2,1-3H3. The molecule has 0 aromatic heterocycles. The summed E-state index contributed by atoms with van der Waals surface area (Å²) in [5.74, 6) is 1.08. The van der Waals surface area contributed by atoms with Crippen LogP contribution in [0, 0.1) is 24.6 Å². The summed E-state index contributed by atoms with van der Waals surface area (Å²) in [6, 6.07) is 11.2. The van der Waals surface area contributed by atoms with Crippen LogP contribution < -0.4 is 0 Å². The summed E-state index contributed by atoms with van der Waals surface area (Å²) >= 11 is 0. The molecule has 0 aliphatic heterocycles.